The minimum absolute atomic E-state index is 0.0325. The van der Waals surface area contributed by atoms with Crippen LogP contribution in [0.2, 0.25) is 0 Å². The average molecular weight is 500 g/mol. The Labute approximate surface area is 215 Å². The van der Waals surface area contributed by atoms with Crippen molar-refractivity contribution < 1.29 is 29.0 Å². The third-order valence-electron chi connectivity index (χ3n) is 6.01. The smallest absolute Gasteiger partial charge is 0.338 e. The number of nitrogens with zero attached hydrogens (tertiary/aromatic N) is 1. The highest BCUT2D eigenvalue weighted by atomic mass is 16.5. The molecule has 1 fully saturated rings. The van der Waals surface area contributed by atoms with Gasteiger partial charge in [0.25, 0.3) is 11.7 Å². The van der Waals surface area contributed by atoms with Crippen molar-refractivity contribution in [2.24, 2.45) is 0 Å². The Morgan fingerprint density at radius 3 is 2.35 bits per heavy atom. The number of aryl methyl sites for hydroxylation is 1. The number of anilines is 1. The van der Waals surface area contributed by atoms with Crippen LogP contribution < -0.4 is 9.64 Å². The summed E-state index contributed by atoms with van der Waals surface area (Å²) in [4.78, 5) is 40.6. The first-order valence-electron chi connectivity index (χ1n) is 12.1. The minimum atomic E-state index is -0.899. The fourth-order valence-corrected chi connectivity index (χ4v) is 4.38. The van der Waals surface area contributed by atoms with E-state index >= 15 is 0 Å². The van der Waals surface area contributed by atoms with Crippen LogP contribution in [0.4, 0.5) is 5.69 Å². The number of hydrogen-bond acceptors (Lipinski definition) is 6. The first-order valence-corrected chi connectivity index (χ1v) is 12.1. The molecule has 3 aromatic carbocycles. The van der Waals surface area contributed by atoms with Gasteiger partial charge in [0.05, 0.1) is 29.9 Å². The molecular weight excluding hydrogens is 470 g/mol. The molecule has 1 amide bonds. The van der Waals surface area contributed by atoms with Crippen LogP contribution in [0.15, 0.2) is 78.4 Å². The predicted molar refractivity (Wildman–Crippen MR) is 141 cm³/mol. The molecule has 1 aliphatic rings. The number of ketones is 1. The van der Waals surface area contributed by atoms with E-state index in [9.17, 15) is 19.5 Å². The summed E-state index contributed by atoms with van der Waals surface area (Å²) in [7, 11) is 0. The molecule has 7 nitrogen and oxygen atoms in total. The van der Waals surface area contributed by atoms with Gasteiger partial charge in [-0.05, 0) is 75.2 Å². The van der Waals surface area contributed by atoms with Crippen molar-refractivity contribution in [2.75, 3.05) is 11.5 Å². The van der Waals surface area contributed by atoms with Crippen molar-refractivity contribution in [1.82, 2.24) is 0 Å². The van der Waals surface area contributed by atoms with Crippen LogP contribution in [0.1, 0.15) is 53.9 Å². The molecule has 0 bridgehead atoms. The summed E-state index contributed by atoms with van der Waals surface area (Å²) < 4.78 is 10.9. The van der Waals surface area contributed by atoms with Gasteiger partial charge in [-0.3, -0.25) is 14.5 Å². The molecule has 3 aromatic rings. The molecule has 1 saturated heterocycles. The number of esters is 1. The Hall–Kier alpha value is -4.39. The van der Waals surface area contributed by atoms with Crippen molar-refractivity contribution in [3.8, 4) is 5.75 Å². The first kappa shape index (κ1) is 25.7. The zero-order chi connectivity index (χ0) is 26.7. The largest absolute Gasteiger partial charge is 0.507 e. The van der Waals surface area contributed by atoms with Crippen molar-refractivity contribution >= 4 is 29.1 Å². The van der Waals surface area contributed by atoms with Gasteiger partial charge in [0, 0.05) is 11.3 Å². The lowest BCUT2D eigenvalue weighted by Crippen LogP contribution is -2.29. The lowest BCUT2D eigenvalue weighted by atomic mass is 9.94. The Morgan fingerprint density at radius 2 is 1.70 bits per heavy atom. The molecule has 37 heavy (non-hydrogen) atoms. The highest BCUT2D eigenvalue weighted by molar-refractivity contribution is 6.51. The van der Waals surface area contributed by atoms with E-state index in [1.807, 2.05) is 19.9 Å². The second kappa shape index (κ2) is 10.7. The summed E-state index contributed by atoms with van der Waals surface area (Å²) in [5, 5.41) is 11.4. The van der Waals surface area contributed by atoms with E-state index in [4.69, 9.17) is 9.47 Å². The van der Waals surface area contributed by atoms with Gasteiger partial charge in [0.1, 0.15) is 11.5 Å². The normalized spacial score (nSPS) is 16.8. The highest BCUT2D eigenvalue weighted by Gasteiger charge is 2.47. The van der Waals surface area contributed by atoms with Crippen LogP contribution >= 0.6 is 0 Å². The van der Waals surface area contributed by atoms with Gasteiger partial charge < -0.3 is 14.6 Å². The fraction of sp³-hybridized carbons (Fsp3) is 0.233. The number of hydrogen-bond donors (Lipinski definition) is 1. The Kier molecular flexibility index (Phi) is 7.43. The summed E-state index contributed by atoms with van der Waals surface area (Å²) in [5.74, 6) is -1.75. The van der Waals surface area contributed by atoms with Gasteiger partial charge in [-0.25, -0.2) is 4.79 Å². The molecular formula is C30H29NO6. The van der Waals surface area contributed by atoms with E-state index in [1.54, 1.807) is 74.5 Å². The summed E-state index contributed by atoms with van der Waals surface area (Å²) in [5.41, 5.74) is 2.39. The van der Waals surface area contributed by atoms with Crippen LogP contribution in [-0.4, -0.2) is 35.5 Å². The number of Topliss-reactive ketones (excluding diaryl/α,β-unsaturated/α-hetero) is 1. The molecule has 1 atom stereocenters. The zero-order valence-corrected chi connectivity index (χ0v) is 21.2. The SMILES string of the molecule is CCOc1ccc(/C(O)=C2\C(=O)C(=O)N(c3cccc(C(=O)OC(C)C)c3)C2c2ccccc2)cc1C. The maximum Gasteiger partial charge on any atom is 0.338 e. The van der Waals surface area contributed by atoms with E-state index in [-0.39, 0.29) is 23.0 Å². The molecule has 1 aliphatic heterocycles. The van der Waals surface area contributed by atoms with Crippen LogP contribution in [0.3, 0.4) is 0 Å². The molecule has 1 heterocycles. The summed E-state index contributed by atoms with van der Waals surface area (Å²) in [6, 6.07) is 19.6. The molecule has 0 radical (unpaired) electrons. The van der Waals surface area contributed by atoms with Crippen molar-refractivity contribution in [1.29, 1.82) is 0 Å². The van der Waals surface area contributed by atoms with Crippen LogP contribution in [0.5, 0.6) is 5.75 Å². The van der Waals surface area contributed by atoms with Crippen molar-refractivity contribution in [2.45, 2.75) is 39.8 Å². The van der Waals surface area contributed by atoms with Gasteiger partial charge in [0.2, 0.25) is 0 Å². The average Bonchev–Trinajstić information content (AvgIpc) is 3.15. The second-order valence-electron chi connectivity index (χ2n) is 9.00. The van der Waals surface area contributed by atoms with E-state index in [0.29, 0.717) is 29.2 Å². The Bertz CT molecular complexity index is 1380. The molecule has 0 saturated carbocycles. The number of carbonyl (C=O) groups is 3. The van der Waals surface area contributed by atoms with Crippen LogP contribution in [0.25, 0.3) is 5.76 Å². The monoisotopic (exact) mass is 499 g/mol. The number of aliphatic hydroxyl groups excluding tert-OH is 1. The number of aliphatic hydroxyl groups is 1. The topological polar surface area (TPSA) is 93.1 Å². The van der Waals surface area contributed by atoms with Crippen molar-refractivity contribution in [3.63, 3.8) is 0 Å². The number of ether oxygens (including phenoxy) is 2. The Morgan fingerprint density at radius 1 is 0.973 bits per heavy atom. The minimum Gasteiger partial charge on any atom is -0.507 e. The molecule has 0 aromatic heterocycles. The van der Waals surface area contributed by atoms with Crippen molar-refractivity contribution in [3.05, 3.63) is 101 Å². The molecule has 0 aliphatic carbocycles. The molecule has 1 N–H and O–H groups in total. The maximum atomic E-state index is 13.4. The van der Waals surface area contributed by atoms with E-state index in [1.165, 1.54) is 11.0 Å². The Balaban J connectivity index is 1.86. The summed E-state index contributed by atoms with van der Waals surface area (Å²) >= 11 is 0. The molecule has 0 spiro atoms. The third kappa shape index (κ3) is 5.11. The standard InChI is InChI=1S/C30H29NO6/c1-5-36-24-15-14-21(16-19(24)4)27(32)25-26(20-10-7-6-8-11-20)31(29(34)28(25)33)23-13-9-12-22(17-23)30(35)37-18(2)3/h6-18,26,32H,5H2,1-4H3/b27-25+. The molecule has 4 rings (SSSR count). The second-order valence-corrected chi connectivity index (χ2v) is 9.00. The quantitative estimate of drug-likeness (QED) is 0.197. The fourth-order valence-electron chi connectivity index (χ4n) is 4.38. The van der Waals surface area contributed by atoms with Crippen LogP contribution in [0, 0.1) is 6.92 Å². The van der Waals surface area contributed by atoms with Gasteiger partial charge in [0.15, 0.2) is 0 Å². The van der Waals surface area contributed by atoms with Gasteiger partial charge in [-0.15, -0.1) is 0 Å². The number of rotatable bonds is 7. The highest BCUT2D eigenvalue weighted by Crippen LogP contribution is 2.42. The third-order valence-corrected chi connectivity index (χ3v) is 6.01. The maximum absolute atomic E-state index is 13.4. The van der Waals surface area contributed by atoms with E-state index in [0.717, 1.165) is 5.56 Å². The lowest BCUT2D eigenvalue weighted by molar-refractivity contribution is -0.132. The number of benzene rings is 3. The predicted octanol–water partition coefficient (Wildman–Crippen LogP) is 5.59. The molecule has 190 valence electrons. The number of carbonyl (C=O) groups excluding carboxylic acids is 3. The molecule has 1 unspecified atom stereocenters. The van der Waals surface area contributed by atoms with Crippen LogP contribution in [-0.2, 0) is 14.3 Å². The van der Waals surface area contributed by atoms with Gasteiger partial charge >= 0.3 is 5.97 Å². The molecule has 7 heteroatoms. The van der Waals surface area contributed by atoms with Gasteiger partial charge in [-0.2, -0.15) is 0 Å². The van der Waals surface area contributed by atoms with E-state index in [2.05, 4.69) is 0 Å². The van der Waals surface area contributed by atoms with Gasteiger partial charge in [-0.1, -0.05) is 36.4 Å². The first-order chi connectivity index (χ1) is 17.7. The zero-order valence-electron chi connectivity index (χ0n) is 21.2. The van der Waals surface area contributed by atoms with E-state index < -0.39 is 23.7 Å². The summed E-state index contributed by atoms with van der Waals surface area (Å²) in [6.07, 6.45) is -0.313. The number of amides is 1. The summed E-state index contributed by atoms with van der Waals surface area (Å²) in [6.45, 7) is 7.72. The lowest BCUT2D eigenvalue weighted by Gasteiger charge is -2.26.